The van der Waals surface area contributed by atoms with Crippen molar-refractivity contribution >= 4 is 27.5 Å². The highest BCUT2D eigenvalue weighted by Gasteiger charge is 2.38. The average molecular weight is 321 g/mol. The van der Waals surface area contributed by atoms with Crippen molar-refractivity contribution in [2.24, 2.45) is 0 Å². The van der Waals surface area contributed by atoms with Gasteiger partial charge in [-0.1, -0.05) is 24.6 Å². The first-order chi connectivity index (χ1) is 9.39. The van der Waals surface area contributed by atoms with Gasteiger partial charge in [-0.05, 0) is 18.6 Å². The van der Waals surface area contributed by atoms with Crippen molar-refractivity contribution in [3.05, 3.63) is 29.0 Å². The number of rotatable bonds is 3. The molecule has 0 aliphatic carbocycles. The summed E-state index contributed by atoms with van der Waals surface area (Å²) < 4.78 is 40.0. The van der Waals surface area contributed by atoms with Crippen LogP contribution in [0.5, 0.6) is 0 Å². The molecule has 1 N–H and O–H groups in total. The molecule has 1 unspecified atom stereocenters. The van der Waals surface area contributed by atoms with E-state index in [2.05, 4.69) is 5.32 Å². The number of nitrogens with zero attached hydrogens (tertiary/aromatic N) is 1. The summed E-state index contributed by atoms with van der Waals surface area (Å²) in [7, 11) is -4.10. The van der Waals surface area contributed by atoms with Crippen LogP contribution in [0, 0.1) is 5.82 Å². The molecule has 0 aromatic heterocycles. The molecule has 1 amide bonds. The van der Waals surface area contributed by atoms with Gasteiger partial charge in [0.15, 0.2) is 5.82 Å². The summed E-state index contributed by atoms with van der Waals surface area (Å²) in [5, 5.41) is 2.33. The molecular formula is C12H14ClFN2O3S. The number of halogens is 2. The van der Waals surface area contributed by atoms with Crippen molar-refractivity contribution < 1.29 is 17.6 Å². The third-order valence-electron chi connectivity index (χ3n) is 3.17. The molecular weight excluding hydrogens is 307 g/mol. The van der Waals surface area contributed by atoms with Gasteiger partial charge >= 0.3 is 0 Å². The Balaban J connectivity index is 2.48. The number of benzene rings is 1. The van der Waals surface area contributed by atoms with E-state index in [1.165, 1.54) is 12.1 Å². The normalized spacial score (nSPS) is 20.8. The van der Waals surface area contributed by atoms with E-state index in [9.17, 15) is 17.6 Å². The van der Waals surface area contributed by atoms with Crippen LogP contribution in [0.15, 0.2) is 23.1 Å². The van der Waals surface area contributed by atoms with Gasteiger partial charge in [0.1, 0.15) is 10.9 Å². The third kappa shape index (κ3) is 2.53. The van der Waals surface area contributed by atoms with E-state index in [1.54, 1.807) is 6.92 Å². The zero-order valence-electron chi connectivity index (χ0n) is 10.8. The fraction of sp³-hybridized carbons (Fsp3) is 0.417. The second-order valence-electron chi connectivity index (χ2n) is 4.38. The predicted octanol–water partition coefficient (Wildman–Crippen LogP) is 1.38. The van der Waals surface area contributed by atoms with Crippen LogP contribution in [-0.4, -0.2) is 37.8 Å². The zero-order chi connectivity index (χ0) is 14.9. The Morgan fingerprint density at radius 1 is 1.50 bits per heavy atom. The Labute approximate surface area is 121 Å². The third-order valence-corrected chi connectivity index (χ3v) is 5.39. The highest BCUT2D eigenvalue weighted by molar-refractivity contribution is 7.89. The molecule has 110 valence electrons. The summed E-state index contributed by atoms with van der Waals surface area (Å²) in [6.07, 6.45) is 0.313. The van der Waals surface area contributed by atoms with Crippen LogP contribution in [0.4, 0.5) is 4.39 Å². The van der Waals surface area contributed by atoms with Crippen molar-refractivity contribution in [2.75, 3.05) is 13.1 Å². The summed E-state index contributed by atoms with van der Waals surface area (Å²) in [4.78, 5) is 11.2. The average Bonchev–Trinajstić information content (AvgIpc) is 2.41. The number of hydrogen-bond donors (Lipinski definition) is 1. The summed E-state index contributed by atoms with van der Waals surface area (Å²) >= 11 is 5.62. The van der Waals surface area contributed by atoms with Crippen LogP contribution in [0.25, 0.3) is 0 Å². The summed E-state index contributed by atoms with van der Waals surface area (Å²) in [6, 6.07) is 2.96. The Bertz CT molecular complexity index is 636. The maximum absolute atomic E-state index is 13.9. The maximum atomic E-state index is 13.9. The lowest BCUT2D eigenvalue weighted by atomic mass is 10.2. The van der Waals surface area contributed by atoms with Gasteiger partial charge in [-0.2, -0.15) is 4.31 Å². The molecule has 1 saturated heterocycles. The minimum Gasteiger partial charge on any atom is -0.353 e. The van der Waals surface area contributed by atoms with Crippen molar-refractivity contribution in [1.82, 2.24) is 9.62 Å². The Hall–Kier alpha value is -1.18. The van der Waals surface area contributed by atoms with Gasteiger partial charge in [-0.15, -0.1) is 0 Å². The van der Waals surface area contributed by atoms with Crippen LogP contribution in [0.1, 0.15) is 13.3 Å². The van der Waals surface area contributed by atoms with Crippen molar-refractivity contribution in [3.8, 4) is 0 Å². The van der Waals surface area contributed by atoms with Gasteiger partial charge in [0.05, 0.1) is 5.02 Å². The number of carbonyl (C=O) groups excluding carboxylic acids is 1. The molecule has 1 fully saturated rings. The lowest BCUT2D eigenvalue weighted by Crippen LogP contribution is -2.56. The van der Waals surface area contributed by atoms with Crippen LogP contribution in [-0.2, 0) is 14.8 Å². The maximum Gasteiger partial charge on any atom is 0.246 e. The second-order valence-corrected chi connectivity index (χ2v) is 6.65. The minimum atomic E-state index is -4.10. The van der Waals surface area contributed by atoms with Crippen molar-refractivity contribution in [3.63, 3.8) is 0 Å². The summed E-state index contributed by atoms with van der Waals surface area (Å²) in [5.41, 5.74) is 0. The first kappa shape index (κ1) is 15.2. The number of piperazine rings is 1. The molecule has 1 aliphatic heterocycles. The van der Waals surface area contributed by atoms with E-state index in [0.29, 0.717) is 6.42 Å². The zero-order valence-corrected chi connectivity index (χ0v) is 12.3. The van der Waals surface area contributed by atoms with Gasteiger partial charge in [-0.3, -0.25) is 4.79 Å². The number of sulfonamides is 1. The van der Waals surface area contributed by atoms with Gasteiger partial charge in [0.25, 0.3) is 0 Å². The van der Waals surface area contributed by atoms with E-state index in [-0.39, 0.29) is 24.0 Å². The van der Waals surface area contributed by atoms with Crippen LogP contribution in [0.2, 0.25) is 5.02 Å². The quantitative estimate of drug-likeness (QED) is 0.915. The SMILES string of the molecule is CCC1C(=O)NCCN1S(=O)(=O)c1cccc(Cl)c1F. The molecule has 0 bridgehead atoms. The smallest absolute Gasteiger partial charge is 0.246 e. The van der Waals surface area contributed by atoms with Crippen molar-refractivity contribution in [1.29, 1.82) is 0 Å². The molecule has 5 nitrogen and oxygen atoms in total. The molecule has 1 heterocycles. The predicted molar refractivity (Wildman–Crippen MR) is 72.4 cm³/mol. The minimum absolute atomic E-state index is 0.110. The largest absolute Gasteiger partial charge is 0.353 e. The van der Waals surface area contributed by atoms with Crippen LogP contribution >= 0.6 is 11.6 Å². The Morgan fingerprint density at radius 2 is 2.20 bits per heavy atom. The summed E-state index contributed by atoms with van der Waals surface area (Å²) in [5.74, 6) is -1.36. The van der Waals surface area contributed by atoms with E-state index < -0.39 is 26.8 Å². The number of carbonyl (C=O) groups is 1. The second kappa shape index (κ2) is 5.67. The van der Waals surface area contributed by atoms with E-state index in [0.717, 1.165) is 10.4 Å². The van der Waals surface area contributed by atoms with E-state index in [1.807, 2.05) is 0 Å². The fourth-order valence-corrected chi connectivity index (χ4v) is 4.16. The number of nitrogens with one attached hydrogen (secondary N) is 1. The first-order valence-corrected chi connectivity index (χ1v) is 7.95. The molecule has 20 heavy (non-hydrogen) atoms. The first-order valence-electron chi connectivity index (χ1n) is 6.13. The number of hydrogen-bond acceptors (Lipinski definition) is 3. The molecule has 0 radical (unpaired) electrons. The molecule has 8 heteroatoms. The van der Waals surface area contributed by atoms with Crippen LogP contribution < -0.4 is 5.32 Å². The Morgan fingerprint density at radius 3 is 2.85 bits per heavy atom. The molecule has 2 rings (SSSR count). The lowest BCUT2D eigenvalue weighted by Gasteiger charge is -2.33. The van der Waals surface area contributed by atoms with Crippen LogP contribution in [0.3, 0.4) is 0 Å². The van der Waals surface area contributed by atoms with E-state index in [4.69, 9.17) is 11.6 Å². The topological polar surface area (TPSA) is 66.5 Å². The molecule has 1 aliphatic rings. The van der Waals surface area contributed by atoms with E-state index >= 15 is 0 Å². The lowest BCUT2D eigenvalue weighted by molar-refractivity contribution is -0.126. The molecule has 1 atom stereocenters. The highest BCUT2D eigenvalue weighted by atomic mass is 35.5. The van der Waals surface area contributed by atoms with Gasteiger partial charge < -0.3 is 5.32 Å². The fourth-order valence-electron chi connectivity index (χ4n) is 2.18. The summed E-state index contributed by atoms with van der Waals surface area (Å²) in [6.45, 7) is 2.02. The molecule has 1 aromatic carbocycles. The monoisotopic (exact) mass is 320 g/mol. The highest BCUT2D eigenvalue weighted by Crippen LogP contribution is 2.27. The molecule has 1 aromatic rings. The Kier molecular flexibility index (Phi) is 4.31. The van der Waals surface area contributed by atoms with Gasteiger partial charge in [-0.25, -0.2) is 12.8 Å². The van der Waals surface area contributed by atoms with Crippen molar-refractivity contribution in [2.45, 2.75) is 24.3 Å². The van der Waals surface area contributed by atoms with Gasteiger partial charge in [0.2, 0.25) is 15.9 Å². The molecule has 0 spiro atoms. The molecule has 0 saturated carbocycles. The number of amides is 1. The van der Waals surface area contributed by atoms with Gasteiger partial charge in [0, 0.05) is 13.1 Å². The standard InChI is InChI=1S/C12H14ClFN2O3S/c1-2-9-12(17)15-6-7-16(9)20(18,19)10-5-3-4-8(13)11(10)14/h3-5,9H,2,6-7H2,1H3,(H,15,17).